The number of para-hydroxylation sites is 1. The Morgan fingerprint density at radius 1 is 1.00 bits per heavy atom. The third kappa shape index (κ3) is 4.41. The molecule has 12 heteroatoms. The van der Waals surface area contributed by atoms with Gasteiger partial charge >= 0.3 is 11.3 Å². The summed E-state index contributed by atoms with van der Waals surface area (Å²) in [5.74, 6) is -0.249. The number of hydrogen-bond donors (Lipinski definition) is 0. The summed E-state index contributed by atoms with van der Waals surface area (Å²) in [5.41, 5.74) is -0.0901. The van der Waals surface area contributed by atoms with Crippen LogP contribution in [0.5, 0.6) is 11.5 Å². The van der Waals surface area contributed by atoms with Crippen molar-refractivity contribution in [2.45, 2.75) is 13.8 Å². The molecule has 0 N–H and O–H groups in total. The van der Waals surface area contributed by atoms with Crippen LogP contribution < -0.4 is 15.3 Å². The first-order chi connectivity index (χ1) is 18.3. The molecule has 38 heavy (non-hydrogen) atoms. The van der Waals surface area contributed by atoms with Crippen molar-refractivity contribution in [1.29, 1.82) is 0 Å². The van der Waals surface area contributed by atoms with Gasteiger partial charge in [-0.15, -0.1) is 11.3 Å². The van der Waals surface area contributed by atoms with E-state index in [1.54, 1.807) is 18.2 Å². The lowest BCUT2D eigenvalue weighted by molar-refractivity contribution is -0.394. The van der Waals surface area contributed by atoms with Crippen LogP contribution in [-0.4, -0.2) is 27.9 Å². The van der Waals surface area contributed by atoms with Gasteiger partial charge in [0.05, 0.1) is 31.5 Å². The number of benzene rings is 3. The number of fused-ring (bicyclic) bond motifs is 2. The SMILES string of the molecule is CCN(CC)c1ccc2c(Oc3ccc([N+](=O)[O-])cc3[N+](=O)[O-])c(-c3nc4ccccc4s3)c(=O)oc2c1. The summed E-state index contributed by atoms with van der Waals surface area (Å²) in [6.07, 6.45) is 0. The molecule has 0 fully saturated rings. The Balaban J connectivity index is 1.78. The van der Waals surface area contributed by atoms with E-state index in [0.717, 1.165) is 41.7 Å². The van der Waals surface area contributed by atoms with E-state index in [4.69, 9.17) is 9.15 Å². The predicted octanol–water partition coefficient (Wildman–Crippen LogP) is 6.52. The van der Waals surface area contributed by atoms with Crippen molar-refractivity contribution in [1.82, 2.24) is 4.98 Å². The first-order valence-corrected chi connectivity index (χ1v) is 12.4. The van der Waals surface area contributed by atoms with Gasteiger partial charge in [-0.2, -0.15) is 0 Å². The standard InChI is InChI=1S/C26H20N4O7S/c1-3-28(4-2)15-9-11-17-21(14-15)37-26(31)23(25-27-18-7-5-6-8-22(18)38-25)24(17)36-20-12-10-16(29(32)33)13-19(20)30(34)35/h5-14H,3-4H2,1-2H3. The zero-order valence-electron chi connectivity index (χ0n) is 20.2. The lowest BCUT2D eigenvalue weighted by Crippen LogP contribution is -2.21. The summed E-state index contributed by atoms with van der Waals surface area (Å²) in [7, 11) is 0. The maximum Gasteiger partial charge on any atom is 0.350 e. The van der Waals surface area contributed by atoms with E-state index >= 15 is 0 Å². The van der Waals surface area contributed by atoms with Crippen LogP contribution >= 0.6 is 11.3 Å². The van der Waals surface area contributed by atoms with Crippen LogP contribution in [0.1, 0.15) is 13.8 Å². The maximum atomic E-state index is 13.4. The van der Waals surface area contributed by atoms with Gasteiger partial charge in [-0.3, -0.25) is 20.2 Å². The molecule has 3 aromatic carbocycles. The van der Waals surface area contributed by atoms with E-state index in [0.29, 0.717) is 15.9 Å². The first-order valence-electron chi connectivity index (χ1n) is 11.6. The molecule has 2 aromatic heterocycles. The molecule has 0 atom stereocenters. The van der Waals surface area contributed by atoms with Crippen molar-refractivity contribution >= 4 is 49.6 Å². The topological polar surface area (TPSA) is 142 Å². The zero-order chi connectivity index (χ0) is 27.0. The van der Waals surface area contributed by atoms with Crippen LogP contribution in [0.2, 0.25) is 0 Å². The van der Waals surface area contributed by atoms with Crippen molar-refractivity contribution in [2.24, 2.45) is 0 Å². The Hall–Kier alpha value is -4.84. The van der Waals surface area contributed by atoms with Crippen LogP contribution in [0.3, 0.4) is 0 Å². The highest BCUT2D eigenvalue weighted by molar-refractivity contribution is 7.21. The molecule has 0 radical (unpaired) electrons. The van der Waals surface area contributed by atoms with Crippen LogP contribution in [0.25, 0.3) is 31.8 Å². The number of nitro benzene ring substituents is 2. The summed E-state index contributed by atoms with van der Waals surface area (Å²) >= 11 is 1.25. The van der Waals surface area contributed by atoms with E-state index in [1.807, 2.05) is 38.1 Å². The average molecular weight is 533 g/mol. The normalized spacial score (nSPS) is 11.1. The molecule has 2 heterocycles. The Morgan fingerprint density at radius 3 is 2.45 bits per heavy atom. The molecule has 0 bridgehead atoms. The summed E-state index contributed by atoms with van der Waals surface area (Å²) < 4.78 is 12.6. The minimum Gasteiger partial charge on any atom is -0.448 e. The minimum absolute atomic E-state index is 0.00180. The van der Waals surface area contributed by atoms with Crippen molar-refractivity contribution in [3.63, 3.8) is 0 Å². The Morgan fingerprint density at radius 2 is 1.76 bits per heavy atom. The highest BCUT2D eigenvalue weighted by atomic mass is 32.1. The van der Waals surface area contributed by atoms with Crippen LogP contribution in [0.4, 0.5) is 17.1 Å². The van der Waals surface area contributed by atoms with Crippen molar-refractivity contribution < 1.29 is 19.0 Å². The molecule has 0 aliphatic heterocycles. The molecular formula is C26H20N4O7S. The third-order valence-electron chi connectivity index (χ3n) is 6.04. The molecule has 5 aromatic rings. The Kier molecular flexibility index (Phi) is 6.47. The zero-order valence-corrected chi connectivity index (χ0v) is 21.1. The van der Waals surface area contributed by atoms with Gasteiger partial charge in [0.2, 0.25) is 5.75 Å². The summed E-state index contributed by atoms with van der Waals surface area (Å²) in [6, 6.07) is 15.7. The van der Waals surface area contributed by atoms with Crippen LogP contribution in [0, 0.1) is 20.2 Å². The number of anilines is 1. The van der Waals surface area contributed by atoms with Crippen molar-refractivity contribution in [3.8, 4) is 22.1 Å². The molecule has 0 spiro atoms. The van der Waals surface area contributed by atoms with E-state index in [2.05, 4.69) is 9.88 Å². The number of ether oxygens (including phenoxy) is 1. The molecule has 0 aliphatic carbocycles. The number of nitrogens with zero attached hydrogens (tertiary/aromatic N) is 4. The predicted molar refractivity (Wildman–Crippen MR) is 144 cm³/mol. The van der Waals surface area contributed by atoms with Gasteiger partial charge in [-0.25, -0.2) is 9.78 Å². The Bertz CT molecular complexity index is 1740. The van der Waals surface area contributed by atoms with E-state index < -0.39 is 26.8 Å². The second-order valence-electron chi connectivity index (χ2n) is 8.20. The number of hydrogen-bond acceptors (Lipinski definition) is 10. The lowest BCUT2D eigenvalue weighted by Gasteiger charge is -2.21. The molecule has 0 saturated heterocycles. The van der Waals surface area contributed by atoms with Crippen molar-refractivity contribution in [2.75, 3.05) is 18.0 Å². The second kappa shape index (κ2) is 9.90. The maximum absolute atomic E-state index is 13.4. The van der Waals surface area contributed by atoms with Crippen molar-refractivity contribution in [3.05, 3.63) is 91.3 Å². The smallest absolute Gasteiger partial charge is 0.350 e. The fraction of sp³-hybridized carbons (Fsp3) is 0.154. The fourth-order valence-corrected chi connectivity index (χ4v) is 5.17. The largest absolute Gasteiger partial charge is 0.448 e. The number of rotatable bonds is 8. The van der Waals surface area contributed by atoms with Crippen LogP contribution in [-0.2, 0) is 0 Å². The van der Waals surface area contributed by atoms with E-state index in [1.165, 1.54) is 11.3 Å². The van der Waals surface area contributed by atoms with Gasteiger partial charge in [0.1, 0.15) is 16.2 Å². The third-order valence-corrected chi connectivity index (χ3v) is 7.10. The molecule has 0 amide bonds. The molecule has 11 nitrogen and oxygen atoms in total. The van der Waals surface area contributed by atoms with E-state index in [-0.39, 0.29) is 22.6 Å². The van der Waals surface area contributed by atoms with Gasteiger partial charge in [0, 0.05) is 30.9 Å². The lowest BCUT2D eigenvalue weighted by atomic mass is 10.1. The van der Waals surface area contributed by atoms with Gasteiger partial charge in [-0.1, -0.05) is 12.1 Å². The monoisotopic (exact) mass is 532 g/mol. The minimum atomic E-state index is -0.772. The van der Waals surface area contributed by atoms with E-state index in [9.17, 15) is 25.0 Å². The summed E-state index contributed by atoms with van der Waals surface area (Å²) in [5, 5.41) is 23.7. The number of aromatic nitrogens is 1. The highest BCUT2D eigenvalue weighted by Crippen LogP contribution is 2.43. The van der Waals surface area contributed by atoms with Gasteiger partial charge in [-0.05, 0) is 44.2 Å². The molecule has 0 saturated carbocycles. The average Bonchev–Trinajstić information content (AvgIpc) is 3.33. The number of nitro groups is 2. The van der Waals surface area contributed by atoms with Gasteiger partial charge < -0.3 is 14.1 Å². The number of non-ortho nitro benzene ring substituents is 1. The molecule has 192 valence electrons. The first kappa shape index (κ1) is 24.8. The van der Waals surface area contributed by atoms with Gasteiger partial charge in [0.15, 0.2) is 5.75 Å². The van der Waals surface area contributed by atoms with Crippen LogP contribution in [0.15, 0.2) is 69.9 Å². The molecule has 0 aliphatic rings. The molecule has 5 rings (SSSR count). The number of thiazole rings is 1. The fourth-order valence-electron chi connectivity index (χ4n) is 4.17. The quantitative estimate of drug-likeness (QED) is 0.124. The molecular weight excluding hydrogens is 512 g/mol. The summed E-state index contributed by atoms with van der Waals surface area (Å²) in [4.78, 5) is 41.5. The van der Waals surface area contributed by atoms with Gasteiger partial charge in [0.25, 0.3) is 5.69 Å². The molecule has 0 unspecified atom stereocenters. The Labute approximate surface area is 218 Å². The highest BCUT2D eigenvalue weighted by Gasteiger charge is 2.27. The summed E-state index contributed by atoms with van der Waals surface area (Å²) in [6.45, 7) is 5.47. The second-order valence-corrected chi connectivity index (χ2v) is 9.23.